The van der Waals surface area contributed by atoms with E-state index in [4.69, 9.17) is 22.4 Å². The van der Waals surface area contributed by atoms with Crippen molar-refractivity contribution >= 4 is 28.7 Å². The first-order valence-corrected chi connectivity index (χ1v) is 17.0. The molecule has 4 N–H and O–H groups in total. The number of imidazole rings is 3. The van der Waals surface area contributed by atoms with E-state index in [-0.39, 0.29) is 11.4 Å². The number of nitro benzene ring substituents is 2. The van der Waals surface area contributed by atoms with Gasteiger partial charge >= 0.3 is 0 Å². The van der Waals surface area contributed by atoms with Crippen LogP contribution in [0.25, 0.3) is 0 Å². The second kappa shape index (κ2) is 23.5. The number of nitrogens with two attached hydrogens (primary N) is 1. The molecule has 0 unspecified atom stereocenters. The fourth-order valence-corrected chi connectivity index (χ4v) is 4.71. The van der Waals surface area contributed by atoms with Crippen molar-refractivity contribution in [3.8, 4) is 0 Å². The number of anilines is 1. The Morgan fingerprint density at radius 1 is 0.673 bits per heavy atom. The maximum absolute atomic E-state index is 10.5. The monoisotopic (exact) mass is 731 g/mol. The molecule has 0 saturated heterocycles. The zero-order chi connectivity index (χ0) is 38.3. The van der Waals surface area contributed by atoms with E-state index in [0.717, 1.165) is 67.2 Å². The van der Waals surface area contributed by atoms with E-state index in [0.29, 0.717) is 12.4 Å². The highest BCUT2D eigenvalue weighted by molar-refractivity contribution is 6.17. The Bertz CT molecular complexity index is 1860. The smallest absolute Gasteiger partial charge is 0.269 e. The molecular weight excluding hydrogens is 686 g/mol. The molecule has 3 heterocycles. The van der Waals surface area contributed by atoms with Crippen molar-refractivity contribution in [2.24, 2.45) is 0 Å². The molecule has 6 rings (SSSR count). The Hall–Kier alpha value is -5.86. The number of H-pyrrole nitrogens is 1. The highest BCUT2D eigenvalue weighted by atomic mass is 35.5. The van der Waals surface area contributed by atoms with Crippen LogP contribution in [-0.2, 0) is 38.2 Å². The van der Waals surface area contributed by atoms with Crippen molar-refractivity contribution in [1.29, 1.82) is 0 Å². The largest absolute Gasteiger partial charge is 0.400 e. The normalized spacial score (nSPS) is 9.81. The van der Waals surface area contributed by atoms with E-state index in [1.54, 1.807) is 36.7 Å². The Labute approximate surface area is 308 Å². The third-order valence-electron chi connectivity index (χ3n) is 7.26. The molecule has 14 nitrogen and oxygen atoms in total. The van der Waals surface area contributed by atoms with Crippen molar-refractivity contribution in [1.82, 2.24) is 29.1 Å². The first-order valence-electron chi connectivity index (χ1n) is 16.5. The lowest BCUT2D eigenvalue weighted by molar-refractivity contribution is -0.385. The van der Waals surface area contributed by atoms with Crippen LogP contribution in [0.5, 0.6) is 0 Å². The summed E-state index contributed by atoms with van der Waals surface area (Å²) in [6.07, 6.45) is 14.0. The minimum atomic E-state index is -0.433. The van der Waals surface area contributed by atoms with Gasteiger partial charge in [-0.1, -0.05) is 57.2 Å². The Balaban J connectivity index is 0.000000246. The van der Waals surface area contributed by atoms with Gasteiger partial charge in [-0.25, -0.2) is 15.0 Å². The number of alkyl halides is 1. The lowest BCUT2D eigenvalue weighted by Gasteiger charge is -2.06. The number of nitro groups is 2. The quantitative estimate of drug-likeness (QED) is 0.0556. The minimum Gasteiger partial charge on any atom is -0.400 e. The summed E-state index contributed by atoms with van der Waals surface area (Å²) in [4.78, 5) is 35.3. The molecule has 0 bridgehead atoms. The predicted molar refractivity (Wildman–Crippen MR) is 204 cm³/mol. The molecule has 6 aromatic rings. The summed E-state index contributed by atoms with van der Waals surface area (Å²) >= 11 is 5.49. The van der Waals surface area contributed by atoms with Crippen LogP contribution in [0.2, 0.25) is 0 Å². The summed E-state index contributed by atoms with van der Waals surface area (Å²) < 4.78 is 4.20. The molecule has 3 aromatic heterocycles. The number of aryl methyl sites for hydroxylation is 3. The Kier molecular flexibility index (Phi) is 19.1. The summed E-state index contributed by atoms with van der Waals surface area (Å²) in [5, 5.41) is 27.7. The van der Waals surface area contributed by atoms with Gasteiger partial charge in [0.15, 0.2) is 0 Å². The SMILES string of the molecule is CCc1ncc[nH]1.CCc1nccn1Cc1ccc(N)cc1.CCc1nccn1Cc1ccc([N+](=O)[O-])cc1.CO.O=[N+]([O-])c1ccc(CCl)cc1. The number of aliphatic hydroxyl groups is 1. The van der Waals surface area contributed by atoms with Crippen LogP contribution in [0, 0.1) is 20.2 Å². The fourth-order valence-electron chi connectivity index (χ4n) is 4.53. The summed E-state index contributed by atoms with van der Waals surface area (Å²) in [5.41, 5.74) is 9.82. The van der Waals surface area contributed by atoms with Crippen molar-refractivity contribution in [3.05, 3.63) is 164 Å². The molecule has 15 heteroatoms. The number of aromatic nitrogens is 6. The second-order valence-corrected chi connectivity index (χ2v) is 11.0. The van der Waals surface area contributed by atoms with Gasteiger partial charge in [0, 0.05) is 112 Å². The van der Waals surface area contributed by atoms with Gasteiger partial charge in [-0.3, -0.25) is 20.2 Å². The van der Waals surface area contributed by atoms with Gasteiger partial charge in [0.1, 0.15) is 17.5 Å². The maximum atomic E-state index is 10.5. The van der Waals surface area contributed by atoms with Crippen molar-refractivity contribution in [2.75, 3.05) is 12.8 Å². The number of benzene rings is 3. The highest BCUT2D eigenvalue weighted by Crippen LogP contribution is 2.14. The lowest BCUT2D eigenvalue weighted by atomic mass is 10.2. The summed E-state index contributed by atoms with van der Waals surface area (Å²) in [6.45, 7) is 7.79. The van der Waals surface area contributed by atoms with Crippen LogP contribution in [0.1, 0.15) is 54.9 Å². The van der Waals surface area contributed by atoms with E-state index in [1.165, 1.54) is 29.8 Å². The van der Waals surface area contributed by atoms with Crippen molar-refractivity contribution < 1.29 is 15.0 Å². The number of nitrogens with zero attached hydrogens (tertiary/aromatic N) is 7. The average Bonchev–Trinajstić information content (AvgIpc) is 3.97. The fraction of sp³-hybridized carbons (Fsp3) is 0.270. The Morgan fingerprint density at radius 3 is 1.42 bits per heavy atom. The van der Waals surface area contributed by atoms with Gasteiger partial charge in [0.05, 0.1) is 9.85 Å². The van der Waals surface area contributed by atoms with Gasteiger partial charge in [-0.05, 0) is 28.8 Å². The summed E-state index contributed by atoms with van der Waals surface area (Å²) in [5.74, 6) is 3.58. The number of halogens is 1. The third-order valence-corrected chi connectivity index (χ3v) is 7.57. The van der Waals surface area contributed by atoms with E-state index in [2.05, 4.69) is 57.4 Å². The average molecular weight is 732 g/mol. The zero-order valence-electron chi connectivity index (χ0n) is 29.8. The van der Waals surface area contributed by atoms with Gasteiger partial charge < -0.3 is 25.0 Å². The molecule has 0 atom stereocenters. The number of non-ortho nitro benzene ring substituents is 2. The molecule has 276 valence electrons. The van der Waals surface area contributed by atoms with Gasteiger partial charge in [-0.2, -0.15) is 0 Å². The standard InChI is InChI=1S/C12H13N3O2.C12H15N3.C7H6ClNO2.C5H8N2.CH4O/c1-2-12-13-7-8-14(12)9-10-3-5-11(6-4-10)15(16)17;1-2-12-14-7-8-15(12)9-10-3-5-11(13)6-4-10;8-5-6-1-3-7(4-2-6)9(10)11;1-2-5-6-3-4-7-5;1-2/h3-8H,2,9H2,1H3;3-8H,2,9,13H2,1H3;1-4H,5H2;3-4H,2H2,1H3,(H,6,7);2H,1H3. The molecule has 0 aliphatic rings. The molecule has 0 fully saturated rings. The van der Waals surface area contributed by atoms with Gasteiger partial charge in [-0.15, -0.1) is 11.6 Å². The molecule has 0 spiro atoms. The van der Waals surface area contributed by atoms with Gasteiger partial charge in [0.2, 0.25) is 0 Å². The van der Waals surface area contributed by atoms with E-state index in [1.807, 2.05) is 41.5 Å². The number of aliphatic hydroxyl groups excluding tert-OH is 1. The van der Waals surface area contributed by atoms with Crippen LogP contribution in [0.15, 0.2) is 110 Å². The summed E-state index contributed by atoms with van der Waals surface area (Å²) in [6, 6.07) is 20.7. The lowest BCUT2D eigenvalue weighted by Crippen LogP contribution is -2.03. The number of hydrogen-bond donors (Lipinski definition) is 3. The number of rotatable bonds is 10. The molecular formula is C37H46ClN9O5. The third kappa shape index (κ3) is 14.5. The molecule has 0 aliphatic heterocycles. The first kappa shape index (κ1) is 42.3. The molecule has 0 amide bonds. The van der Waals surface area contributed by atoms with Crippen molar-refractivity contribution in [2.45, 2.75) is 59.0 Å². The van der Waals surface area contributed by atoms with Crippen LogP contribution in [0.3, 0.4) is 0 Å². The molecule has 0 radical (unpaired) electrons. The minimum absolute atomic E-state index is 0.0962. The molecule has 0 aliphatic carbocycles. The van der Waals surface area contributed by atoms with Crippen LogP contribution >= 0.6 is 11.6 Å². The number of hydrogen-bond acceptors (Lipinski definition) is 9. The van der Waals surface area contributed by atoms with Crippen LogP contribution in [0.4, 0.5) is 17.1 Å². The molecule has 52 heavy (non-hydrogen) atoms. The highest BCUT2D eigenvalue weighted by Gasteiger charge is 2.06. The van der Waals surface area contributed by atoms with Crippen LogP contribution in [-0.4, -0.2) is 51.1 Å². The Morgan fingerprint density at radius 2 is 1.10 bits per heavy atom. The molecule has 0 saturated carbocycles. The first-order chi connectivity index (χ1) is 25.2. The number of nitrogen functional groups attached to an aromatic ring is 1. The van der Waals surface area contributed by atoms with E-state index in [9.17, 15) is 20.2 Å². The zero-order valence-corrected chi connectivity index (χ0v) is 30.6. The topological polar surface area (TPSA) is 197 Å². The number of aromatic amines is 1. The van der Waals surface area contributed by atoms with Gasteiger partial charge in [0.25, 0.3) is 11.4 Å². The van der Waals surface area contributed by atoms with E-state index >= 15 is 0 Å². The molecule has 3 aromatic carbocycles. The van der Waals surface area contributed by atoms with Crippen molar-refractivity contribution in [3.63, 3.8) is 0 Å². The number of nitrogens with one attached hydrogen (secondary N) is 1. The maximum Gasteiger partial charge on any atom is 0.269 e. The summed E-state index contributed by atoms with van der Waals surface area (Å²) in [7, 11) is 1.00. The second-order valence-electron chi connectivity index (χ2n) is 10.8. The van der Waals surface area contributed by atoms with E-state index < -0.39 is 9.85 Å². The van der Waals surface area contributed by atoms with Crippen LogP contribution < -0.4 is 5.73 Å². The predicted octanol–water partition coefficient (Wildman–Crippen LogP) is 7.39.